The number of fused-ring (bicyclic) bond motifs is 2. The summed E-state index contributed by atoms with van der Waals surface area (Å²) in [6, 6.07) is 11.0. The number of benzene rings is 2. The number of thioether (sulfide) groups is 1. The molecular weight excluding hydrogens is 575 g/mol. The molecule has 14 heteroatoms. The highest BCUT2D eigenvalue weighted by Crippen LogP contribution is 2.48. The van der Waals surface area contributed by atoms with Crippen LogP contribution in [-0.4, -0.2) is 44.0 Å². The molecule has 0 bridgehead atoms. The molecule has 0 atom stereocenters. The average Bonchev–Trinajstić information content (AvgIpc) is 3.24. The van der Waals surface area contributed by atoms with Gasteiger partial charge in [-0.2, -0.15) is 21.4 Å². The first-order chi connectivity index (χ1) is 16.4. The summed E-state index contributed by atoms with van der Waals surface area (Å²) < 4.78 is 66.2. The molecule has 1 aliphatic heterocycles. The minimum absolute atomic E-state index is 0.207. The molecule has 0 fully saturated rings. The largest absolute Gasteiger partial charge is 0.335 e. The summed E-state index contributed by atoms with van der Waals surface area (Å²) in [6.45, 7) is 0.677. The fourth-order valence-corrected chi connectivity index (χ4v) is 7.35. The van der Waals surface area contributed by atoms with E-state index >= 15 is 0 Å². The molecule has 8 nitrogen and oxygen atoms in total. The van der Waals surface area contributed by atoms with Gasteiger partial charge in [0.15, 0.2) is 6.54 Å². The van der Waals surface area contributed by atoms with Gasteiger partial charge in [-0.25, -0.2) is 0 Å². The van der Waals surface area contributed by atoms with E-state index in [9.17, 15) is 16.8 Å². The van der Waals surface area contributed by atoms with Gasteiger partial charge in [-0.3, -0.25) is 9.11 Å². The van der Waals surface area contributed by atoms with Gasteiger partial charge in [-0.15, -0.1) is 0 Å². The van der Waals surface area contributed by atoms with Crippen molar-refractivity contribution in [3.63, 3.8) is 0 Å². The topological polar surface area (TPSA) is 116 Å². The summed E-state index contributed by atoms with van der Waals surface area (Å²) in [6.07, 6.45) is 2.37. The van der Waals surface area contributed by atoms with Crippen LogP contribution < -0.4 is 9.47 Å². The van der Waals surface area contributed by atoms with E-state index in [1.165, 1.54) is 23.1 Å². The van der Waals surface area contributed by atoms with Crippen LogP contribution in [0.25, 0.3) is 16.3 Å². The Kier molecular flexibility index (Phi) is 8.04. The maximum atomic E-state index is 11.2. The van der Waals surface area contributed by atoms with Crippen molar-refractivity contribution in [3.8, 4) is 0 Å². The van der Waals surface area contributed by atoms with Crippen LogP contribution in [0.15, 0.2) is 46.3 Å². The highest BCUT2D eigenvalue weighted by atomic mass is 35.5. The third kappa shape index (κ3) is 6.89. The van der Waals surface area contributed by atoms with E-state index in [1.54, 1.807) is 12.1 Å². The van der Waals surface area contributed by atoms with Crippen molar-refractivity contribution in [1.82, 2.24) is 0 Å². The molecule has 1 aromatic heterocycles. The Bertz CT molecular complexity index is 1520. The van der Waals surface area contributed by atoms with Gasteiger partial charge < -0.3 is 4.90 Å². The number of aryl methyl sites for hydroxylation is 1. The van der Waals surface area contributed by atoms with Crippen molar-refractivity contribution in [2.24, 2.45) is 0 Å². The zero-order chi connectivity index (χ0) is 25.4. The fraction of sp³-hybridized carbons (Fsp3) is 0.286. The number of aromatic nitrogens is 1. The van der Waals surface area contributed by atoms with Crippen molar-refractivity contribution in [2.45, 2.75) is 24.3 Å². The van der Waals surface area contributed by atoms with Crippen molar-refractivity contribution in [3.05, 3.63) is 56.5 Å². The molecule has 0 aliphatic carbocycles. The molecule has 1 aliphatic rings. The van der Waals surface area contributed by atoms with Crippen LogP contribution in [-0.2, 0) is 26.8 Å². The van der Waals surface area contributed by atoms with Crippen LogP contribution in [0.1, 0.15) is 17.8 Å². The molecule has 0 unspecified atom stereocenters. The predicted molar refractivity (Wildman–Crippen MR) is 142 cm³/mol. The number of halogens is 2. The molecular formula is C21H21Cl2N2O6S4+. The number of hydrogen-bond donors (Lipinski definition) is 2. The Labute approximate surface area is 221 Å². The lowest BCUT2D eigenvalue weighted by Gasteiger charge is -2.20. The molecule has 0 spiro atoms. The zero-order valence-electron chi connectivity index (χ0n) is 18.1. The normalized spacial score (nSPS) is 15.3. The summed E-state index contributed by atoms with van der Waals surface area (Å²) in [5.74, 6) is -0.733. The van der Waals surface area contributed by atoms with Gasteiger partial charge in [0.2, 0.25) is 5.52 Å². The van der Waals surface area contributed by atoms with Crippen molar-refractivity contribution in [1.29, 1.82) is 0 Å². The monoisotopic (exact) mass is 595 g/mol. The lowest BCUT2D eigenvalue weighted by Crippen LogP contribution is -2.36. The first-order valence-corrected chi connectivity index (χ1v) is 16.0. The van der Waals surface area contributed by atoms with E-state index in [4.69, 9.17) is 32.3 Å². The van der Waals surface area contributed by atoms with Gasteiger partial charge in [0.05, 0.1) is 28.3 Å². The van der Waals surface area contributed by atoms with Gasteiger partial charge in [-0.05, 0) is 36.8 Å². The number of thiazole rings is 1. The Morgan fingerprint density at radius 1 is 0.943 bits per heavy atom. The van der Waals surface area contributed by atoms with Gasteiger partial charge >= 0.3 is 0 Å². The molecule has 3 aromatic rings. The maximum absolute atomic E-state index is 11.2. The van der Waals surface area contributed by atoms with E-state index in [1.807, 2.05) is 39.8 Å². The molecule has 188 valence electrons. The molecule has 0 amide bonds. The molecule has 0 radical (unpaired) electrons. The summed E-state index contributed by atoms with van der Waals surface area (Å²) in [7, 11) is -8.18. The number of hydrogen-bond acceptors (Lipinski definition) is 7. The number of nitrogens with zero attached hydrogens (tertiary/aromatic N) is 2. The second-order valence-electron chi connectivity index (χ2n) is 7.83. The predicted octanol–water partition coefficient (Wildman–Crippen LogP) is 4.96. The van der Waals surface area contributed by atoms with Gasteiger partial charge in [0.1, 0.15) is 4.70 Å². The number of rotatable bonds is 9. The second-order valence-corrected chi connectivity index (χ2v) is 14.0. The highest BCUT2D eigenvalue weighted by molar-refractivity contribution is 8.04. The first kappa shape index (κ1) is 26.7. The van der Waals surface area contributed by atoms with Crippen molar-refractivity contribution in [2.75, 3.05) is 23.0 Å². The molecule has 2 aromatic carbocycles. The number of anilines is 1. The van der Waals surface area contributed by atoms with Crippen molar-refractivity contribution < 1.29 is 30.5 Å². The lowest BCUT2D eigenvalue weighted by molar-refractivity contribution is -0.668. The lowest BCUT2D eigenvalue weighted by atomic mass is 10.2. The van der Waals surface area contributed by atoms with E-state index in [2.05, 4.69) is 0 Å². The van der Waals surface area contributed by atoms with E-state index < -0.39 is 20.2 Å². The molecule has 2 heterocycles. The SMILES string of the molecule is O=S(=O)(O)CCCN1C(=Cc2sc3ccc(Cl)cc3[n+]2CCCS(=O)(=O)O)Sc2ccc(Cl)cc21. The van der Waals surface area contributed by atoms with Crippen LogP contribution in [0.4, 0.5) is 5.69 Å². The maximum Gasteiger partial charge on any atom is 0.265 e. The van der Waals surface area contributed by atoms with Crippen LogP contribution in [0.3, 0.4) is 0 Å². The molecule has 4 rings (SSSR count). The van der Waals surface area contributed by atoms with Gasteiger partial charge in [0.25, 0.3) is 25.2 Å². The van der Waals surface area contributed by atoms with E-state index in [-0.39, 0.29) is 24.3 Å². The van der Waals surface area contributed by atoms with E-state index in [0.29, 0.717) is 23.1 Å². The molecule has 0 saturated carbocycles. The van der Waals surface area contributed by atoms with Crippen molar-refractivity contribution >= 4 is 88.5 Å². The minimum atomic E-state index is -4.09. The Morgan fingerprint density at radius 3 is 2.31 bits per heavy atom. The fourth-order valence-electron chi connectivity index (χ4n) is 3.74. The van der Waals surface area contributed by atoms with Crippen LogP contribution in [0, 0.1) is 0 Å². The van der Waals surface area contributed by atoms with Crippen LogP contribution >= 0.6 is 46.3 Å². The molecule has 2 N–H and O–H groups in total. The van der Waals surface area contributed by atoms with E-state index in [0.717, 1.165) is 30.8 Å². The van der Waals surface area contributed by atoms with Gasteiger partial charge in [-0.1, -0.05) is 46.3 Å². The third-order valence-electron chi connectivity index (χ3n) is 5.20. The second kappa shape index (κ2) is 10.5. The smallest absolute Gasteiger partial charge is 0.265 e. The molecule has 0 saturated heterocycles. The first-order valence-electron chi connectivity index (χ1n) is 10.4. The Hall–Kier alpha value is -1.38. The summed E-state index contributed by atoms with van der Waals surface area (Å²) in [5, 5.41) is 2.75. The van der Waals surface area contributed by atoms with Crippen LogP contribution in [0.2, 0.25) is 10.0 Å². The van der Waals surface area contributed by atoms with Crippen LogP contribution in [0.5, 0.6) is 0 Å². The Balaban J connectivity index is 1.73. The summed E-state index contributed by atoms with van der Waals surface area (Å²) in [4.78, 5) is 2.91. The van der Waals surface area contributed by atoms with Gasteiger partial charge in [0, 0.05) is 34.0 Å². The minimum Gasteiger partial charge on any atom is -0.335 e. The molecule has 35 heavy (non-hydrogen) atoms. The highest BCUT2D eigenvalue weighted by Gasteiger charge is 2.28. The average molecular weight is 597 g/mol. The third-order valence-corrected chi connectivity index (χ3v) is 9.50. The standard InChI is InChI=1S/C21H20Cl2N2O6S4/c22-14-3-5-18-16(11-14)24(7-1-9-34(26,27)28)20(32-18)13-21-25(8-2-10-35(29,30)31)17-12-15(23)4-6-19(17)33-21/h3-6,11-13H,1-2,7-10H2,(H-,26,27,28,29,30,31)/p+1. The Morgan fingerprint density at radius 2 is 1.60 bits per heavy atom. The summed E-state index contributed by atoms with van der Waals surface area (Å²) >= 11 is 15.4. The summed E-state index contributed by atoms with van der Waals surface area (Å²) in [5.41, 5.74) is 1.68. The zero-order valence-corrected chi connectivity index (χ0v) is 22.9. The quantitative estimate of drug-likeness (QED) is 0.263.